The standard InChI is InChI=1S/C15H22N2O3/c1-19-13-6-3-7-14(9-13)20-15(18)17-12-5-2-4-11(8-12)10-16/h2,4-5,8,13-14H,3,6-7,9-10,16H2,1H3,(H,17,18). The quantitative estimate of drug-likeness (QED) is 0.888. The first kappa shape index (κ1) is 14.8. The molecule has 0 heterocycles. The molecule has 1 fully saturated rings. The fraction of sp³-hybridized carbons (Fsp3) is 0.533. The summed E-state index contributed by atoms with van der Waals surface area (Å²) in [5.41, 5.74) is 7.25. The van der Waals surface area contributed by atoms with E-state index < -0.39 is 6.09 Å². The van der Waals surface area contributed by atoms with Crippen molar-refractivity contribution in [3.63, 3.8) is 0 Å². The van der Waals surface area contributed by atoms with Gasteiger partial charge >= 0.3 is 6.09 Å². The first-order valence-electron chi connectivity index (χ1n) is 7.00. The van der Waals surface area contributed by atoms with Gasteiger partial charge in [0.15, 0.2) is 0 Å². The first-order chi connectivity index (χ1) is 9.71. The summed E-state index contributed by atoms with van der Waals surface area (Å²) in [6.07, 6.45) is 3.45. The van der Waals surface area contributed by atoms with E-state index >= 15 is 0 Å². The van der Waals surface area contributed by atoms with Crippen LogP contribution in [0.25, 0.3) is 0 Å². The molecule has 0 aliphatic heterocycles. The van der Waals surface area contributed by atoms with Gasteiger partial charge in [-0.2, -0.15) is 0 Å². The second-order valence-electron chi connectivity index (χ2n) is 5.08. The van der Waals surface area contributed by atoms with Crippen LogP contribution in [-0.2, 0) is 16.0 Å². The molecule has 2 unspecified atom stereocenters. The lowest BCUT2D eigenvalue weighted by molar-refractivity contribution is 0.00480. The Morgan fingerprint density at radius 1 is 1.40 bits per heavy atom. The number of benzene rings is 1. The summed E-state index contributed by atoms with van der Waals surface area (Å²) < 4.78 is 10.8. The van der Waals surface area contributed by atoms with Crippen molar-refractivity contribution in [1.82, 2.24) is 0 Å². The van der Waals surface area contributed by atoms with Crippen molar-refractivity contribution in [2.24, 2.45) is 5.73 Å². The Bertz CT molecular complexity index is 450. The molecule has 1 amide bonds. The Balaban J connectivity index is 1.85. The number of anilines is 1. The molecule has 20 heavy (non-hydrogen) atoms. The summed E-state index contributed by atoms with van der Waals surface area (Å²) >= 11 is 0. The Kier molecular flexibility index (Phi) is 5.38. The summed E-state index contributed by atoms with van der Waals surface area (Å²) in [6, 6.07) is 7.44. The molecular formula is C15H22N2O3. The topological polar surface area (TPSA) is 73.6 Å². The molecular weight excluding hydrogens is 256 g/mol. The lowest BCUT2D eigenvalue weighted by Gasteiger charge is -2.27. The number of carbonyl (C=O) groups excluding carboxylic acids is 1. The van der Waals surface area contributed by atoms with Gasteiger partial charge in [-0.05, 0) is 37.0 Å². The Hall–Kier alpha value is -1.59. The van der Waals surface area contributed by atoms with Gasteiger partial charge in [-0.3, -0.25) is 5.32 Å². The maximum atomic E-state index is 11.9. The first-order valence-corrected chi connectivity index (χ1v) is 7.00. The molecule has 0 aromatic heterocycles. The van der Waals surface area contributed by atoms with Gasteiger partial charge < -0.3 is 15.2 Å². The van der Waals surface area contributed by atoms with Gasteiger partial charge in [0.25, 0.3) is 0 Å². The van der Waals surface area contributed by atoms with Crippen LogP contribution in [0.2, 0.25) is 0 Å². The van der Waals surface area contributed by atoms with Gasteiger partial charge in [-0.1, -0.05) is 12.1 Å². The third-order valence-electron chi connectivity index (χ3n) is 3.59. The van der Waals surface area contributed by atoms with E-state index in [-0.39, 0.29) is 12.2 Å². The number of hydrogen-bond acceptors (Lipinski definition) is 4. The van der Waals surface area contributed by atoms with Gasteiger partial charge in [0.05, 0.1) is 6.10 Å². The molecule has 0 saturated heterocycles. The monoisotopic (exact) mass is 278 g/mol. The highest BCUT2D eigenvalue weighted by Gasteiger charge is 2.24. The Morgan fingerprint density at radius 2 is 2.20 bits per heavy atom. The molecule has 1 aliphatic carbocycles. The highest BCUT2D eigenvalue weighted by atomic mass is 16.6. The molecule has 5 nitrogen and oxygen atoms in total. The molecule has 1 aromatic rings. The number of rotatable bonds is 4. The fourth-order valence-corrected chi connectivity index (χ4v) is 2.50. The zero-order valence-electron chi connectivity index (χ0n) is 11.8. The Morgan fingerprint density at radius 3 is 2.95 bits per heavy atom. The second kappa shape index (κ2) is 7.26. The van der Waals surface area contributed by atoms with Gasteiger partial charge in [0, 0.05) is 25.8 Å². The van der Waals surface area contributed by atoms with Crippen LogP contribution >= 0.6 is 0 Å². The van der Waals surface area contributed by atoms with Crippen molar-refractivity contribution in [2.45, 2.75) is 44.4 Å². The zero-order chi connectivity index (χ0) is 14.4. The fourth-order valence-electron chi connectivity index (χ4n) is 2.50. The molecule has 5 heteroatoms. The van der Waals surface area contributed by atoms with Crippen LogP contribution in [0, 0.1) is 0 Å². The highest BCUT2D eigenvalue weighted by molar-refractivity contribution is 5.84. The lowest BCUT2D eigenvalue weighted by atomic mass is 9.95. The maximum Gasteiger partial charge on any atom is 0.411 e. The smallest absolute Gasteiger partial charge is 0.411 e. The zero-order valence-corrected chi connectivity index (χ0v) is 11.8. The maximum absolute atomic E-state index is 11.9. The van der Waals surface area contributed by atoms with Crippen LogP contribution in [0.4, 0.5) is 10.5 Å². The summed E-state index contributed by atoms with van der Waals surface area (Å²) in [4.78, 5) is 11.9. The van der Waals surface area contributed by atoms with Crippen LogP contribution in [-0.4, -0.2) is 25.4 Å². The SMILES string of the molecule is COC1CCCC(OC(=O)Nc2cccc(CN)c2)C1. The number of ether oxygens (including phenoxy) is 2. The number of nitrogens with one attached hydrogen (secondary N) is 1. The van der Waals surface area contributed by atoms with Crippen LogP contribution in [0.1, 0.15) is 31.2 Å². The van der Waals surface area contributed by atoms with Crippen LogP contribution in [0.15, 0.2) is 24.3 Å². The van der Waals surface area contributed by atoms with Crippen molar-refractivity contribution in [3.8, 4) is 0 Å². The van der Waals surface area contributed by atoms with Gasteiger partial charge in [-0.25, -0.2) is 4.79 Å². The molecule has 3 N–H and O–H groups in total. The van der Waals surface area contributed by atoms with Crippen molar-refractivity contribution >= 4 is 11.8 Å². The largest absolute Gasteiger partial charge is 0.446 e. The summed E-state index contributed by atoms with van der Waals surface area (Å²) in [5.74, 6) is 0. The van der Waals surface area contributed by atoms with E-state index in [0.29, 0.717) is 12.2 Å². The van der Waals surface area contributed by atoms with E-state index in [0.717, 1.165) is 31.2 Å². The van der Waals surface area contributed by atoms with Crippen molar-refractivity contribution in [2.75, 3.05) is 12.4 Å². The predicted molar refractivity (Wildman–Crippen MR) is 77.5 cm³/mol. The average molecular weight is 278 g/mol. The molecule has 1 saturated carbocycles. The number of carbonyl (C=O) groups is 1. The predicted octanol–water partition coefficient (Wildman–Crippen LogP) is 2.65. The number of hydrogen-bond donors (Lipinski definition) is 2. The molecule has 1 aromatic carbocycles. The second-order valence-corrected chi connectivity index (χ2v) is 5.08. The van der Waals surface area contributed by atoms with E-state index in [2.05, 4.69) is 5.32 Å². The molecule has 0 bridgehead atoms. The van der Waals surface area contributed by atoms with Gasteiger partial charge in [0.1, 0.15) is 6.10 Å². The minimum atomic E-state index is -0.416. The normalized spacial score (nSPS) is 22.3. The molecule has 2 atom stereocenters. The third-order valence-corrected chi connectivity index (χ3v) is 3.59. The van der Waals surface area contributed by atoms with E-state index in [1.165, 1.54) is 0 Å². The number of methoxy groups -OCH3 is 1. The van der Waals surface area contributed by atoms with Crippen molar-refractivity contribution in [3.05, 3.63) is 29.8 Å². The Labute approximate surface area is 119 Å². The van der Waals surface area contributed by atoms with Gasteiger partial charge in [-0.15, -0.1) is 0 Å². The van der Waals surface area contributed by atoms with E-state index in [4.69, 9.17) is 15.2 Å². The van der Waals surface area contributed by atoms with Crippen LogP contribution < -0.4 is 11.1 Å². The average Bonchev–Trinajstić information content (AvgIpc) is 2.47. The molecule has 0 spiro atoms. The number of nitrogens with two attached hydrogens (primary N) is 1. The van der Waals surface area contributed by atoms with Crippen LogP contribution in [0.3, 0.4) is 0 Å². The summed E-state index contributed by atoms with van der Waals surface area (Å²) in [6.45, 7) is 0.447. The minimum absolute atomic E-state index is 0.0635. The lowest BCUT2D eigenvalue weighted by Crippen LogP contribution is -2.30. The van der Waals surface area contributed by atoms with E-state index in [1.807, 2.05) is 24.3 Å². The molecule has 0 radical (unpaired) electrons. The molecule has 1 aliphatic rings. The minimum Gasteiger partial charge on any atom is -0.446 e. The third kappa shape index (κ3) is 4.21. The van der Waals surface area contributed by atoms with Crippen LogP contribution in [0.5, 0.6) is 0 Å². The van der Waals surface area contributed by atoms with Crippen molar-refractivity contribution < 1.29 is 14.3 Å². The summed E-state index contributed by atoms with van der Waals surface area (Å²) in [7, 11) is 1.70. The van der Waals surface area contributed by atoms with Gasteiger partial charge in [0.2, 0.25) is 0 Å². The van der Waals surface area contributed by atoms with E-state index in [1.54, 1.807) is 7.11 Å². The highest BCUT2D eigenvalue weighted by Crippen LogP contribution is 2.23. The number of amides is 1. The molecule has 110 valence electrons. The summed E-state index contributed by atoms with van der Waals surface area (Å²) in [5, 5.41) is 2.74. The molecule has 2 rings (SSSR count). The van der Waals surface area contributed by atoms with E-state index in [9.17, 15) is 4.79 Å². The van der Waals surface area contributed by atoms with Crippen molar-refractivity contribution in [1.29, 1.82) is 0 Å².